The van der Waals surface area contributed by atoms with E-state index in [-0.39, 0.29) is 12.5 Å². The van der Waals surface area contributed by atoms with Gasteiger partial charge in [-0.05, 0) is 24.6 Å². The number of nitrogens with one attached hydrogen (secondary N) is 1. The molecular formula is C16H18ClN3O. The number of pyridine rings is 1. The summed E-state index contributed by atoms with van der Waals surface area (Å²) in [4.78, 5) is 18.0. The maximum Gasteiger partial charge on any atom is 0.242 e. The Hall–Kier alpha value is -2.07. The molecule has 0 aliphatic carbocycles. The smallest absolute Gasteiger partial charge is 0.242 e. The summed E-state index contributed by atoms with van der Waals surface area (Å²) in [7, 11) is 0. The summed E-state index contributed by atoms with van der Waals surface area (Å²) in [5.41, 5.74) is 1.92. The predicted molar refractivity (Wildman–Crippen MR) is 85.3 cm³/mol. The van der Waals surface area contributed by atoms with Crippen molar-refractivity contribution in [1.29, 1.82) is 0 Å². The average molecular weight is 304 g/mol. The first-order valence-corrected chi connectivity index (χ1v) is 7.24. The first kappa shape index (κ1) is 15.3. The first-order valence-electron chi connectivity index (χ1n) is 6.86. The number of halogens is 1. The lowest BCUT2D eigenvalue weighted by Gasteiger charge is -2.21. The third kappa shape index (κ3) is 4.76. The van der Waals surface area contributed by atoms with Crippen LogP contribution in [-0.4, -0.2) is 28.9 Å². The maximum absolute atomic E-state index is 12.3. The molecule has 5 heteroatoms. The summed E-state index contributed by atoms with van der Waals surface area (Å²) in [6, 6.07) is 13.4. The lowest BCUT2D eigenvalue weighted by Crippen LogP contribution is -2.34. The molecule has 0 unspecified atom stereocenters. The normalized spacial score (nSPS) is 10.2. The summed E-state index contributed by atoms with van der Waals surface area (Å²) in [5.74, 6) is 0.0503. The van der Waals surface area contributed by atoms with Crippen LogP contribution in [0.1, 0.15) is 12.5 Å². The summed E-state index contributed by atoms with van der Waals surface area (Å²) >= 11 is 5.81. The fourth-order valence-corrected chi connectivity index (χ4v) is 2.16. The van der Waals surface area contributed by atoms with Crippen molar-refractivity contribution in [2.45, 2.75) is 13.5 Å². The van der Waals surface area contributed by atoms with E-state index in [0.29, 0.717) is 18.2 Å². The molecule has 1 amide bonds. The molecule has 0 atom stereocenters. The zero-order valence-corrected chi connectivity index (χ0v) is 12.7. The third-order valence-electron chi connectivity index (χ3n) is 3.12. The molecule has 0 aliphatic rings. The average Bonchev–Trinajstić information content (AvgIpc) is 2.51. The maximum atomic E-state index is 12.3. The van der Waals surface area contributed by atoms with Gasteiger partial charge in [-0.15, -0.1) is 0 Å². The van der Waals surface area contributed by atoms with E-state index in [1.165, 1.54) is 0 Å². The second kappa shape index (κ2) is 7.64. The third-order valence-corrected chi connectivity index (χ3v) is 3.33. The monoisotopic (exact) mass is 303 g/mol. The van der Waals surface area contributed by atoms with Crippen molar-refractivity contribution in [1.82, 2.24) is 9.88 Å². The van der Waals surface area contributed by atoms with Crippen molar-refractivity contribution in [3.8, 4) is 0 Å². The Bertz CT molecular complexity index is 589. The molecule has 2 aromatic rings. The molecule has 0 saturated carbocycles. The molecular weight excluding hydrogens is 286 g/mol. The molecule has 0 spiro atoms. The molecule has 1 N–H and O–H groups in total. The topological polar surface area (TPSA) is 45.2 Å². The molecule has 21 heavy (non-hydrogen) atoms. The quantitative estimate of drug-likeness (QED) is 0.834. The van der Waals surface area contributed by atoms with Gasteiger partial charge in [0, 0.05) is 25.0 Å². The minimum atomic E-state index is 0.0503. The number of carbonyl (C=O) groups is 1. The van der Waals surface area contributed by atoms with Crippen LogP contribution in [0.25, 0.3) is 0 Å². The number of carbonyl (C=O) groups excluding carboxylic acids is 1. The minimum absolute atomic E-state index is 0.0503. The number of aromatic nitrogens is 1. The Labute approximate surface area is 129 Å². The number of benzene rings is 1. The molecule has 2 rings (SSSR count). The zero-order chi connectivity index (χ0) is 15.1. The van der Waals surface area contributed by atoms with Crippen LogP contribution in [0.15, 0.2) is 48.7 Å². The molecule has 0 radical (unpaired) electrons. The van der Waals surface area contributed by atoms with Gasteiger partial charge in [0.05, 0.1) is 6.54 Å². The number of rotatable bonds is 6. The van der Waals surface area contributed by atoms with Gasteiger partial charge in [-0.3, -0.25) is 4.79 Å². The van der Waals surface area contributed by atoms with Gasteiger partial charge in [0.15, 0.2) is 0 Å². The molecule has 1 aromatic heterocycles. The molecule has 0 bridgehead atoms. The predicted octanol–water partition coefficient (Wildman–Crippen LogP) is 3.20. The highest BCUT2D eigenvalue weighted by atomic mass is 35.5. The molecule has 0 saturated heterocycles. The van der Waals surface area contributed by atoms with Crippen molar-refractivity contribution in [3.05, 3.63) is 59.4 Å². The lowest BCUT2D eigenvalue weighted by atomic mass is 10.2. The highest BCUT2D eigenvalue weighted by Crippen LogP contribution is 2.12. The molecule has 0 aliphatic heterocycles. The molecule has 0 fully saturated rings. The number of hydrogen-bond donors (Lipinski definition) is 1. The van der Waals surface area contributed by atoms with E-state index in [0.717, 1.165) is 11.3 Å². The highest BCUT2D eigenvalue weighted by molar-refractivity contribution is 6.29. The fraction of sp³-hybridized carbons (Fsp3) is 0.250. The molecule has 1 heterocycles. The number of likely N-dealkylation sites (N-methyl/N-ethyl adjacent to an activating group) is 1. The van der Waals surface area contributed by atoms with Gasteiger partial charge in [0.1, 0.15) is 5.15 Å². The van der Waals surface area contributed by atoms with Gasteiger partial charge in [-0.25, -0.2) is 4.98 Å². The Kier molecular flexibility index (Phi) is 5.58. The van der Waals surface area contributed by atoms with Gasteiger partial charge in [-0.1, -0.05) is 41.9 Å². The molecule has 1 aromatic carbocycles. The zero-order valence-electron chi connectivity index (χ0n) is 11.9. The van der Waals surface area contributed by atoms with E-state index < -0.39 is 0 Å². The fourth-order valence-electron chi connectivity index (χ4n) is 1.98. The van der Waals surface area contributed by atoms with Crippen LogP contribution in [0.3, 0.4) is 0 Å². The van der Waals surface area contributed by atoms with E-state index in [1.54, 1.807) is 18.3 Å². The standard InChI is InChI=1S/C16H18ClN3O/c1-2-20(12-13-6-4-3-5-7-13)16(21)11-19-14-8-9-18-15(17)10-14/h3-10H,2,11-12H2,1H3,(H,18,19). The summed E-state index contributed by atoms with van der Waals surface area (Å²) in [6.07, 6.45) is 1.61. The van der Waals surface area contributed by atoms with Crippen LogP contribution >= 0.6 is 11.6 Å². The van der Waals surface area contributed by atoms with Crippen LogP contribution in [0.4, 0.5) is 5.69 Å². The Morgan fingerprint density at radius 2 is 2.05 bits per heavy atom. The summed E-state index contributed by atoms with van der Waals surface area (Å²) in [6.45, 7) is 3.51. The van der Waals surface area contributed by atoms with E-state index >= 15 is 0 Å². The van der Waals surface area contributed by atoms with Gasteiger partial charge in [-0.2, -0.15) is 0 Å². The van der Waals surface area contributed by atoms with Crippen molar-refractivity contribution in [3.63, 3.8) is 0 Å². The van der Waals surface area contributed by atoms with Gasteiger partial charge in [0.2, 0.25) is 5.91 Å². The largest absolute Gasteiger partial charge is 0.376 e. The van der Waals surface area contributed by atoms with Crippen molar-refractivity contribution in [2.75, 3.05) is 18.4 Å². The summed E-state index contributed by atoms with van der Waals surface area (Å²) in [5, 5.41) is 3.48. The van der Waals surface area contributed by atoms with Crippen LogP contribution in [0.5, 0.6) is 0 Å². The second-order valence-corrected chi connectivity index (χ2v) is 5.00. The minimum Gasteiger partial charge on any atom is -0.376 e. The number of hydrogen-bond acceptors (Lipinski definition) is 3. The van der Waals surface area contributed by atoms with Gasteiger partial charge >= 0.3 is 0 Å². The van der Waals surface area contributed by atoms with Gasteiger partial charge in [0.25, 0.3) is 0 Å². The Morgan fingerprint density at radius 3 is 2.71 bits per heavy atom. The number of anilines is 1. The van der Waals surface area contributed by atoms with Crippen molar-refractivity contribution >= 4 is 23.2 Å². The number of amides is 1. The van der Waals surface area contributed by atoms with Crippen LogP contribution in [0.2, 0.25) is 5.15 Å². The van der Waals surface area contributed by atoms with E-state index in [9.17, 15) is 4.79 Å². The van der Waals surface area contributed by atoms with Crippen LogP contribution in [-0.2, 0) is 11.3 Å². The van der Waals surface area contributed by atoms with E-state index in [2.05, 4.69) is 10.3 Å². The number of nitrogens with zero attached hydrogens (tertiary/aromatic N) is 2. The molecule has 110 valence electrons. The van der Waals surface area contributed by atoms with E-state index in [1.807, 2.05) is 42.2 Å². The first-order chi connectivity index (χ1) is 10.2. The second-order valence-electron chi connectivity index (χ2n) is 4.61. The van der Waals surface area contributed by atoms with Crippen LogP contribution in [0, 0.1) is 0 Å². The van der Waals surface area contributed by atoms with E-state index in [4.69, 9.17) is 11.6 Å². The van der Waals surface area contributed by atoms with Crippen molar-refractivity contribution < 1.29 is 4.79 Å². The van der Waals surface area contributed by atoms with Crippen molar-refractivity contribution in [2.24, 2.45) is 0 Å². The lowest BCUT2D eigenvalue weighted by molar-refractivity contribution is -0.129. The van der Waals surface area contributed by atoms with Gasteiger partial charge < -0.3 is 10.2 Å². The molecule has 4 nitrogen and oxygen atoms in total. The van der Waals surface area contributed by atoms with Crippen LogP contribution < -0.4 is 5.32 Å². The summed E-state index contributed by atoms with van der Waals surface area (Å²) < 4.78 is 0. The highest BCUT2D eigenvalue weighted by Gasteiger charge is 2.11. The SMILES string of the molecule is CCN(Cc1ccccc1)C(=O)CNc1ccnc(Cl)c1. The Balaban J connectivity index is 1.91. The Morgan fingerprint density at radius 1 is 1.29 bits per heavy atom.